The van der Waals surface area contributed by atoms with Crippen LogP contribution < -0.4 is 10.4 Å². The minimum absolute atomic E-state index is 0.188. The van der Waals surface area contributed by atoms with Crippen molar-refractivity contribution >= 4 is 12.0 Å². The number of carbonyl (C=O) groups excluding carboxylic acids is 2. The first-order valence-electron chi connectivity index (χ1n) is 5.30. The Bertz CT molecular complexity index is 255. The first-order valence-corrected chi connectivity index (χ1v) is 5.30. The molecule has 0 spiro atoms. The molecule has 0 saturated carbocycles. The highest BCUT2D eigenvalue weighted by atomic mass is 16.4. The number of piperidine rings is 1. The van der Waals surface area contributed by atoms with Gasteiger partial charge >= 0.3 is 6.03 Å². The Balaban J connectivity index is 2.48. The molecular weight excluding hydrogens is 196 g/mol. The summed E-state index contributed by atoms with van der Waals surface area (Å²) in [6, 6.07) is -1.06. The molecule has 0 aromatic heterocycles. The number of aliphatic carboxylic acids is 1. The average molecular weight is 213 g/mol. The van der Waals surface area contributed by atoms with Gasteiger partial charge in [-0.3, -0.25) is 0 Å². The summed E-state index contributed by atoms with van der Waals surface area (Å²) in [4.78, 5) is 23.8. The molecule has 5 heteroatoms. The van der Waals surface area contributed by atoms with E-state index in [0.717, 1.165) is 19.3 Å². The lowest BCUT2D eigenvalue weighted by molar-refractivity contribution is -0.307. The number of carbonyl (C=O) groups is 2. The molecule has 1 aliphatic rings. The quantitative estimate of drug-likeness (QED) is 0.685. The Hall–Kier alpha value is -1.26. The number of carboxylic acid groups (broad SMARTS) is 1. The maximum Gasteiger partial charge on any atom is 0.318 e. The van der Waals surface area contributed by atoms with Crippen LogP contribution in [0.5, 0.6) is 0 Å². The van der Waals surface area contributed by atoms with Gasteiger partial charge in [-0.15, -0.1) is 0 Å². The highest BCUT2D eigenvalue weighted by Crippen LogP contribution is 2.16. The van der Waals surface area contributed by atoms with Crippen molar-refractivity contribution in [2.45, 2.75) is 45.2 Å². The van der Waals surface area contributed by atoms with Crippen LogP contribution in [0.4, 0.5) is 4.79 Å². The van der Waals surface area contributed by atoms with Gasteiger partial charge in [0.15, 0.2) is 0 Å². The van der Waals surface area contributed by atoms with Crippen molar-refractivity contribution in [2.75, 3.05) is 6.54 Å². The zero-order valence-corrected chi connectivity index (χ0v) is 9.16. The monoisotopic (exact) mass is 213 g/mol. The third-order valence-electron chi connectivity index (χ3n) is 2.76. The molecule has 0 radical (unpaired) electrons. The number of urea groups is 1. The first kappa shape index (κ1) is 11.8. The van der Waals surface area contributed by atoms with Crippen LogP contribution in [0.15, 0.2) is 0 Å². The van der Waals surface area contributed by atoms with Crippen molar-refractivity contribution in [3.8, 4) is 0 Å². The molecule has 0 aromatic carbocycles. The minimum atomic E-state index is -1.26. The lowest BCUT2D eigenvalue weighted by atomic mass is 10.0. The van der Waals surface area contributed by atoms with Crippen LogP contribution in [0, 0.1) is 0 Å². The van der Waals surface area contributed by atoms with Gasteiger partial charge in [-0.1, -0.05) is 0 Å². The molecule has 15 heavy (non-hydrogen) atoms. The van der Waals surface area contributed by atoms with Crippen molar-refractivity contribution in [1.82, 2.24) is 10.2 Å². The number of amides is 2. The number of likely N-dealkylation sites (tertiary alicyclic amines) is 1. The molecule has 1 saturated heterocycles. The predicted molar refractivity (Wildman–Crippen MR) is 53.0 cm³/mol. The number of rotatable bonds is 2. The molecule has 0 aromatic rings. The summed E-state index contributed by atoms with van der Waals surface area (Å²) in [6.45, 7) is 4.08. The normalized spacial score (nSPS) is 23.3. The van der Waals surface area contributed by atoms with Gasteiger partial charge in [-0.05, 0) is 33.1 Å². The van der Waals surface area contributed by atoms with Crippen LogP contribution in [0.2, 0.25) is 0 Å². The molecule has 0 unspecified atom stereocenters. The third kappa shape index (κ3) is 3.11. The SMILES string of the molecule is C[C@H](NC(=O)N1CCCC[C@@H]1C)C(=O)[O-]. The summed E-state index contributed by atoms with van der Waals surface area (Å²) in [6.07, 6.45) is 3.09. The summed E-state index contributed by atoms with van der Waals surface area (Å²) in [7, 11) is 0. The highest BCUT2D eigenvalue weighted by molar-refractivity contribution is 5.81. The van der Waals surface area contributed by atoms with Crippen molar-refractivity contribution in [3.63, 3.8) is 0 Å². The molecule has 1 aliphatic heterocycles. The maximum absolute atomic E-state index is 11.6. The van der Waals surface area contributed by atoms with Crippen molar-refractivity contribution in [2.24, 2.45) is 0 Å². The Kier molecular flexibility index (Phi) is 3.94. The van der Waals surface area contributed by atoms with Crippen LogP contribution in [0.3, 0.4) is 0 Å². The Labute approximate surface area is 89.4 Å². The second kappa shape index (κ2) is 5.00. The largest absolute Gasteiger partial charge is 0.548 e. The van der Waals surface area contributed by atoms with Crippen LogP contribution >= 0.6 is 0 Å². The summed E-state index contributed by atoms with van der Waals surface area (Å²) < 4.78 is 0. The minimum Gasteiger partial charge on any atom is -0.548 e. The van der Waals surface area contributed by atoms with E-state index in [0.29, 0.717) is 6.54 Å². The topological polar surface area (TPSA) is 72.5 Å². The maximum atomic E-state index is 11.6. The van der Waals surface area contributed by atoms with E-state index in [1.165, 1.54) is 6.92 Å². The highest BCUT2D eigenvalue weighted by Gasteiger charge is 2.23. The van der Waals surface area contributed by atoms with Crippen molar-refractivity contribution in [1.29, 1.82) is 0 Å². The molecule has 2 atom stereocenters. The standard InChI is InChI=1S/C10H18N2O3/c1-7-5-3-4-6-12(7)10(15)11-8(2)9(13)14/h7-8H,3-6H2,1-2H3,(H,11,15)(H,13,14)/p-1/t7-,8-/m0/s1. The fourth-order valence-corrected chi connectivity index (χ4v) is 1.73. The molecular formula is C10H17N2O3-. The average Bonchev–Trinajstić information content (AvgIpc) is 2.18. The summed E-state index contributed by atoms with van der Waals surface area (Å²) in [5.74, 6) is -1.26. The first-order chi connectivity index (χ1) is 7.02. The Morgan fingerprint density at radius 3 is 2.67 bits per heavy atom. The summed E-state index contributed by atoms with van der Waals surface area (Å²) >= 11 is 0. The lowest BCUT2D eigenvalue weighted by Gasteiger charge is -2.34. The number of carboxylic acids is 1. The number of hydrogen-bond donors (Lipinski definition) is 1. The summed E-state index contributed by atoms with van der Waals surface area (Å²) in [5.41, 5.74) is 0. The molecule has 0 bridgehead atoms. The van der Waals surface area contributed by atoms with Crippen molar-refractivity contribution < 1.29 is 14.7 Å². The predicted octanol–water partition coefficient (Wildman–Crippen LogP) is -0.291. The van der Waals surface area contributed by atoms with E-state index < -0.39 is 12.0 Å². The molecule has 1 N–H and O–H groups in total. The third-order valence-corrected chi connectivity index (χ3v) is 2.76. The van der Waals surface area contributed by atoms with Crippen LogP contribution in [-0.2, 0) is 4.79 Å². The van der Waals surface area contributed by atoms with Gasteiger partial charge in [0.1, 0.15) is 0 Å². The fourth-order valence-electron chi connectivity index (χ4n) is 1.73. The Morgan fingerprint density at radius 1 is 1.47 bits per heavy atom. The second-order valence-corrected chi connectivity index (χ2v) is 4.03. The van der Waals surface area contributed by atoms with Crippen LogP contribution in [-0.4, -0.2) is 35.5 Å². The fraction of sp³-hybridized carbons (Fsp3) is 0.800. The van der Waals surface area contributed by atoms with E-state index in [1.807, 2.05) is 6.92 Å². The van der Waals surface area contributed by atoms with Gasteiger partial charge in [0.2, 0.25) is 0 Å². The van der Waals surface area contributed by atoms with E-state index >= 15 is 0 Å². The molecule has 5 nitrogen and oxygen atoms in total. The van der Waals surface area contributed by atoms with E-state index in [4.69, 9.17) is 0 Å². The second-order valence-electron chi connectivity index (χ2n) is 4.03. The van der Waals surface area contributed by atoms with Gasteiger partial charge in [0, 0.05) is 12.6 Å². The van der Waals surface area contributed by atoms with E-state index in [-0.39, 0.29) is 12.1 Å². The van der Waals surface area contributed by atoms with E-state index in [2.05, 4.69) is 5.32 Å². The zero-order valence-electron chi connectivity index (χ0n) is 9.16. The van der Waals surface area contributed by atoms with Gasteiger partial charge in [0.25, 0.3) is 0 Å². The summed E-state index contributed by atoms with van der Waals surface area (Å²) in [5, 5.41) is 12.9. The smallest absolute Gasteiger partial charge is 0.318 e. The van der Waals surface area contributed by atoms with Crippen LogP contribution in [0.1, 0.15) is 33.1 Å². The van der Waals surface area contributed by atoms with Gasteiger partial charge in [-0.25, -0.2) is 4.79 Å². The van der Waals surface area contributed by atoms with Gasteiger partial charge in [-0.2, -0.15) is 0 Å². The zero-order chi connectivity index (χ0) is 11.4. The van der Waals surface area contributed by atoms with Gasteiger partial charge in [0.05, 0.1) is 12.0 Å². The molecule has 0 aliphatic carbocycles. The molecule has 1 heterocycles. The lowest BCUT2D eigenvalue weighted by Crippen LogP contribution is -2.53. The molecule has 1 fully saturated rings. The van der Waals surface area contributed by atoms with E-state index in [9.17, 15) is 14.7 Å². The van der Waals surface area contributed by atoms with Crippen molar-refractivity contribution in [3.05, 3.63) is 0 Å². The molecule has 2 amide bonds. The number of nitrogens with one attached hydrogen (secondary N) is 1. The number of hydrogen-bond acceptors (Lipinski definition) is 3. The van der Waals surface area contributed by atoms with Crippen LogP contribution in [0.25, 0.3) is 0 Å². The molecule has 86 valence electrons. The molecule has 1 rings (SSSR count). The Morgan fingerprint density at radius 2 is 2.13 bits per heavy atom. The van der Waals surface area contributed by atoms with E-state index in [1.54, 1.807) is 4.90 Å². The van der Waals surface area contributed by atoms with Gasteiger partial charge < -0.3 is 20.1 Å². The number of nitrogens with zero attached hydrogens (tertiary/aromatic N) is 1.